The van der Waals surface area contributed by atoms with E-state index in [2.05, 4.69) is 20.7 Å². The number of nitrogens with one attached hydrogen (secondary N) is 2. The van der Waals surface area contributed by atoms with Gasteiger partial charge in [-0.3, -0.25) is 4.79 Å². The van der Waals surface area contributed by atoms with Crippen LogP contribution in [0.4, 0.5) is 5.82 Å². The number of H-pyrrole nitrogens is 1. The Bertz CT molecular complexity index is 811. The number of sulfonamides is 1. The minimum atomic E-state index is -3.43. The quantitative estimate of drug-likeness (QED) is 0.800. The summed E-state index contributed by atoms with van der Waals surface area (Å²) < 4.78 is 27.1. The second-order valence-electron chi connectivity index (χ2n) is 6.37. The van der Waals surface area contributed by atoms with E-state index < -0.39 is 10.0 Å². The third-order valence-corrected chi connectivity index (χ3v) is 6.36. The number of hydrogen-bond donors (Lipinski definition) is 2. The summed E-state index contributed by atoms with van der Waals surface area (Å²) in [7, 11) is -3.43. The predicted molar refractivity (Wildman–Crippen MR) is 97.0 cm³/mol. The predicted octanol–water partition coefficient (Wildman–Crippen LogP) is 1.94. The fraction of sp³-hybridized carbons (Fsp3) is 0.471. The average molecular weight is 377 g/mol. The van der Waals surface area contributed by atoms with E-state index in [0.717, 1.165) is 31.2 Å². The number of carbonyl (C=O) groups excluding carboxylic acids is 1. The SMILES string of the molecule is O=C(CCc1ccc(S(=O)(=O)N2CCCCCC2)cc1)Nc1cn[nH]n1. The van der Waals surface area contributed by atoms with Crippen molar-refractivity contribution in [2.45, 2.75) is 43.4 Å². The zero-order chi connectivity index (χ0) is 18.4. The Hall–Kier alpha value is -2.26. The molecule has 1 amide bonds. The summed E-state index contributed by atoms with van der Waals surface area (Å²) >= 11 is 0. The molecule has 140 valence electrons. The van der Waals surface area contributed by atoms with Crippen LogP contribution in [0.5, 0.6) is 0 Å². The van der Waals surface area contributed by atoms with Gasteiger partial charge in [-0.05, 0) is 37.0 Å². The van der Waals surface area contributed by atoms with Gasteiger partial charge in [0, 0.05) is 19.5 Å². The van der Waals surface area contributed by atoms with Crippen molar-refractivity contribution in [3.05, 3.63) is 36.0 Å². The minimum absolute atomic E-state index is 0.167. The topological polar surface area (TPSA) is 108 Å². The van der Waals surface area contributed by atoms with E-state index in [1.807, 2.05) is 0 Å². The first-order chi connectivity index (χ1) is 12.6. The number of anilines is 1. The van der Waals surface area contributed by atoms with Gasteiger partial charge in [0.2, 0.25) is 15.9 Å². The molecular weight excluding hydrogens is 354 g/mol. The lowest BCUT2D eigenvalue weighted by Gasteiger charge is -2.20. The molecule has 1 fully saturated rings. The van der Waals surface area contributed by atoms with Crippen molar-refractivity contribution < 1.29 is 13.2 Å². The molecule has 9 heteroatoms. The molecule has 1 aliphatic heterocycles. The Morgan fingerprint density at radius 2 is 1.81 bits per heavy atom. The number of aromatic amines is 1. The van der Waals surface area contributed by atoms with Crippen LogP contribution < -0.4 is 5.32 Å². The van der Waals surface area contributed by atoms with Crippen LogP contribution in [-0.4, -0.2) is 47.1 Å². The highest BCUT2D eigenvalue weighted by Crippen LogP contribution is 2.21. The fourth-order valence-corrected chi connectivity index (χ4v) is 4.50. The van der Waals surface area contributed by atoms with E-state index in [1.165, 1.54) is 6.20 Å². The number of rotatable bonds is 6. The van der Waals surface area contributed by atoms with Gasteiger partial charge >= 0.3 is 0 Å². The molecule has 1 aliphatic rings. The lowest BCUT2D eigenvalue weighted by molar-refractivity contribution is -0.116. The molecule has 0 bridgehead atoms. The zero-order valence-electron chi connectivity index (χ0n) is 14.5. The lowest BCUT2D eigenvalue weighted by Crippen LogP contribution is -2.31. The van der Waals surface area contributed by atoms with Crippen molar-refractivity contribution in [2.75, 3.05) is 18.4 Å². The highest BCUT2D eigenvalue weighted by Gasteiger charge is 2.24. The molecule has 1 aromatic carbocycles. The van der Waals surface area contributed by atoms with Crippen molar-refractivity contribution in [1.82, 2.24) is 19.7 Å². The standard InChI is InChI=1S/C17H23N5O3S/c23-17(19-16-13-18-21-20-16)10-7-14-5-8-15(9-6-14)26(24,25)22-11-3-1-2-4-12-22/h5-6,8-9,13H,1-4,7,10-12H2,(H2,18,19,20,21,23). The third kappa shape index (κ3) is 4.67. The molecule has 0 radical (unpaired) electrons. The molecule has 0 unspecified atom stereocenters. The van der Waals surface area contributed by atoms with Crippen molar-refractivity contribution in [3.8, 4) is 0 Å². The number of benzene rings is 1. The van der Waals surface area contributed by atoms with Crippen molar-refractivity contribution >= 4 is 21.7 Å². The van der Waals surface area contributed by atoms with Gasteiger partial charge in [-0.15, -0.1) is 5.10 Å². The summed E-state index contributed by atoms with van der Waals surface area (Å²) in [5.74, 6) is 0.217. The molecular formula is C17H23N5O3S. The first-order valence-electron chi connectivity index (χ1n) is 8.80. The number of nitrogens with zero attached hydrogens (tertiary/aromatic N) is 3. The Morgan fingerprint density at radius 1 is 1.12 bits per heavy atom. The average Bonchev–Trinajstić information content (AvgIpc) is 2.98. The summed E-state index contributed by atoms with van der Waals surface area (Å²) in [4.78, 5) is 12.2. The van der Waals surface area contributed by atoms with Gasteiger partial charge in [0.15, 0.2) is 5.82 Å². The molecule has 26 heavy (non-hydrogen) atoms. The van der Waals surface area contributed by atoms with Crippen LogP contribution in [0.1, 0.15) is 37.7 Å². The Labute approximate surface area is 153 Å². The summed E-state index contributed by atoms with van der Waals surface area (Å²) in [5.41, 5.74) is 0.912. The van der Waals surface area contributed by atoms with Crippen LogP contribution in [0.15, 0.2) is 35.4 Å². The van der Waals surface area contributed by atoms with Crippen LogP contribution in [0.3, 0.4) is 0 Å². The van der Waals surface area contributed by atoms with Crippen LogP contribution in [0.25, 0.3) is 0 Å². The van der Waals surface area contributed by atoms with E-state index >= 15 is 0 Å². The molecule has 1 aromatic heterocycles. The van der Waals surface area contributed by atoms with Crippen LogP contribution in [0, 0.1) is 0 Å². The number of aromatic nitrogens is 3. The molecule has 3 rings (SSSR count). The first kappa shape index (κ1) is 18.5. The van der Waals surface area contributed by atoms with E-state index in [9.17, 15) is 13.2 Å². The highest BCUT2D eigenvalue weighted by molar-refractivity contribution is 7.89. The lowest BCUT2D eigenvalue weighted by atomic mass is 10.1. The van der Waals surface area contributed by atoms with Gasteiger partial charge in [-0.25, -0.2) is 8.42 Å². The number of aryl methyl sites for hydroxylation is 1. The van der Waals surface area contributed by atoms with Crippen molar-refractivity contribution in [3.63, 3.8) is 0 Å². The zero-order valence-corrected chi connectivity index (χ0v) is 15.3. The van der Waals surface area contributed by atoms with E-state index in [-0.39, 0.29) is 12.3 Å². The van der Waals surface area contributed by atoms with Crippen LogP contribution in [-0.2, 0) is 21.2 Å². The summed E-state index contributed by atoms with van der Waals surface area (Å²) in [5, 5.41) is 12.4. The van der Waals surface area contributed by atoms with Crippen LogP contribution >= 0.6 is 0 Å². The van der Waals surface area contributed by atoms with Gasteiger partial charge in [0.1, 0.15) is 0 Å². The molecule has 0 saturated carbocycles. The molecule has 2 aromatic rings. The Balaban J connectivity index is 1.58. The van der Waals surface area contributed by atoms with Crippen LogP contribution in [0.2, 0.25) is 0 Å². The van der Waals surface area contributed by atoms with Gasteiger partial charge in [0.25, 0.3) is 0 Å². The molecule has 0 spiro atoms. The highest BCUT2D eigenvalue weighted by atomic mass is 32.2. The smallest absolute Gasteiger partial charge is 0.243 e. The molecule has 2 N–H and O–H groups in total. The molecule has 1 saturated heterocycles. The van der Waals surface area contributed by atoms with Gasteiger partial charge in [-0.2, -0.15) is 14.6 Å². The fourth-order valence-electron chi connectivity index (χ4n) is 2.98. The maximum atomic E-state index is 12.7. The normalized spacial score (nSPS) is 16.2. The van der Waals surface area contributed by atoms with E-state index in [0.29, 0.717) is 30.2 Å². The largest absolute Gasteiger partial charge is 0.308 e. The second kappa shape index (κ2) is 8.41. The molecule has 2 heterocycles. The maximum Gasteiger partial charge on any atom is 0.243 e. The summed E-state index contributed by atoms with van der Waals surface area (Å²) in [6, 6.07) is 6.80. The van der Waals surface area contributed by atoms with Crippen molar-refractivity contribution in [1.29, 1.82) is 0 Å². The minimum Gasteiger partial charge on any atom is -0.308 e. The summed E-state index contributed by atoms with van der Waals surface area (Å²) in [6.45, 7) is 1.18. The molecule has 0 atom stereocenters. The maximum absolute atomic E-state index is 12.7. The Morgan fingerprint density at radius 3 is 2.42 bits per heavy atom. The number of amides is 1. The van der Waals surface area contributed by atoms with Gasteiger partial charge < -0.3 is 5.32 Å². The second-order valence-corrected chi connectivity index (χ2v) is 8.30. The molecule has 0 aliphatic carbocycles. The number of carbonyl (C=O) groups is 1. The van der Waals surface area contributed by atoms with E-state index in [4.69, 9.17) is 0 Å². The number of hydrogen-bond acceptors (Lipinski definition) is 5. The third-order valence-electron chi connectivity index (χ3n) is 4.45. The van der Waals surface area contributed by atoms with Crippen molar-refractivity contribution in [2.24, 2.45) is 0 Å². The Kier molecular flexibility index (Phi) is 6.00. The monoisotopic (exact) mass is 377 g/mol. The molecule has 8 nitrogen and oxygen atoms in total. The summed E-state index contributed by atoms with van der Waals surface area (Å²) in [6.07, 6.45) is 6.23. The van der Waals surface area contributed by atoms with E-state index in [1.54, 1.807) is 28.6 Å². The van der Waals surface area contributed by atoms with Gasteiger partial charge in [-0.1, -0.05) is 25.0 Å². The first-order valence-corrected chi connectivity index (χ1v) is 10.2. The van der Waals surface area contributed by atoms with Gasteiger partial charge in [0.05, 0.1) is 11.1 Å².